The summed E-state index contributed by atoms with van der Waals surface area (Å²) in [5.41, 5.74) is -0.314. The van der Waals surface area contributed by atoms with Crippen LogP contribution in [-0.2, 0) is 28.7 Å². The van der Waals surface area contributed by atoms with E-state index in [1.165, 1.54) is 81.1 Å². The first-order chi connectivity index (χ1) is 25.4. The lowest BCUT2D eigenvalue weighted by molar-refractivity contribution is -0.139. The molecule has 11 nitrogen and oxygen atoms in total. The summed E-state index contributed by atoms with van der Waals surface area (Å²) < 4.78 is 56.7. The van der Waals surface area contributed by atoms with Crippen molar-refractivity contribution in [3.8, 4) is 17.2 Å². The minimum atomic E-state index is -4.70. The Morgan fingerprint density at radius 1 is 0.830 bits per heavy atom. The highest BCUT2D eigenvalue weighted by Crippen LogP contribution is 2.35. The summed E-state index contributed by atoms with van der Waals surface area (Å²) in [6.07, 6.45) is 1.63. The second-order valence-electron chi connectivity index (χ2n) is 12.0. The van der Waals surface area contributed by atoms with Gasteiger partial charge in [-0.1, -0.05) is 38.7 Å². The van der Waals surface area contributed by atoms with Crippen molar-refractivity contribution in [2.75, 3.05) is 25.6 Å². The highest BCUT2D eigenvalue weighted by atomic mass is 19.4. The van der Waals surface area contributed by atoms with Crippen LogP contribution in [0, 0.1) is 0 Å². The van der Waals surface area contributed by atoms with Crippen molar-refractivity contribution in [2.45, 2.75) is 58.2 Å². The van der Waals surface area contributed by atoms with Crippen molar-refractivity contribution < 1.29 is 51.7 Å². The van der Waals surface area contributed by atoms with E-state index in [0.29, 0.717) is 23.6 Å². The molecule has 53 heavy (non-hydrogen) atoms. The Morgan fingerprint density at radius 3 is 2.11 bits per heavy atom. The van der Waals surface area contributed by atoms with Crippen LogP contribution < -0.4 is 19.5 Å². The Morgan fingerprint density at radius 2 is 1.49 bits per heavy atom. The number of alkyl halides is 3. The highest BCUT2D eigenvalue weighted by molar-refractivity contribution is 5.97. The standard InChI is InChI=1S/C39H40F3N3O8/c1-3-4-5-6-7-20-52-31-16-10-27(11-17-31)38(50)53-33-19-15-30(43-23-33)24-45(25-36(47)48)37(49)26-8-13-29(14-9-26)44-35(46)21-28-12-18-32(51-2)22-34(28)39(40,41)42/h8-19,22-23H,3-7,20-21,24-25H2,1-2H3,(H,44,46)(H,47,48). The van der Waals surface area contributed by atoms with Crippen molar-refractivity contribution in [2.24, 2.45) is 0 Å². The number of nitrogens with zero attached hydrogens (tertiary/aromatic N) is 2. The monoisotopic (exact) mass is 735 g/mol. The molecule has 0 atom stereocenters. The Bertz CT molecular complexity index is 1850. The number of rotatable bonds is 18. The van der Waals surface area contributed by atoms with Gasteiger partial charge in [0.2, 0.25) is 5.91 Å². The molecule has 3 aromatic carbocycles. The van der Waals surface area contributed by atoms with Crippen LogP contribution in [0.4, 0.5) is 18.9 Å². The number of aromatic nitrogens is 1. The lowest BCUT2D eigenvalue weighted by Gasteiger charge is -2.21. The van der Waals surface area contributed by atoms with Gasteiger partial charge in [0.05, 0.1) is 49.7 Å². The number of amides is 2. The number of pyridine rings is 1. The number of methoxy groups -OCH3 is 1. The molecular formula is C39H40F3N3O8. The number of nitrogens with one attached hydrogen (secondary N) is 1. The maximum absolute atomic E-state index is 13.5. The predicted octanol–water partition coefficient (Wildman–Crippen LogP) is 7.59. The fourth-order valence-electron chi connectivity index (χ4n) is 5.23. The number of unbranched alkanes of at least 4 members (excludes halogenated alkanes) is 4. The second kappa shape index (κ2) is 19.1. The number of aliphatic carboxylic acids is 1. The maximum atomic E-state index is 13.5. The third kappa shape index (κ3) is 12.4. The molecule has 0 fully saturated rings. The van der Waals surface area contributed by atoms with Gasteiger partial charge in [0.15, 0.2) is 0 Å². The zero-order chi connectivity index (χ0) is 38.4. The first kappa shape index (κ1) is 39.9. The summed E-state index contributed by atoms with van der Waals surface area (Å²) in [4.78, 5) is 55.5. The summed E-state index contributed by atoms with van der Waals surface area (Å²) in [5, 5.41) is 12.0. The molecule has 2 amide bonds. The Kier molecular flexibility index (Phi) is 14.3. The van der Waals surface area contributed by atoms with Gasteiger partial charge in [-0.3, -0.25) is 19.4 Å². The van der Waals surface area contributed by atoms with Gasteiger partial charge >= 0.3 is 18.1 Å². The number of hydrogen-bond acceptors (Lipinski definition) is 8. The topological polar surface area (TPSA) is 144 Å². The Labute approximate surface area is 304 Å². The van der Waals surface area contributed by atoms with Crippen LogP contribution in [0.5, 0.6) is 17.2 Å². The van der Waals surface area contributed by atoms with Gasteiger partial charge in [-0.05, 0) is 84.8 Å². The number of carboxylic acids is 1. The third-order valence-corrected chi connectivity index (χ3v) is 7.97. The molecular weight excluding hydrogens is 695 g/mol. The van der Waals surface area contributed by atoms with Crippen molar-refractivity contribution in [3.63, 3.8) is 0 Å². The van der Waals surface area contributed by atoms with Gasteiger partial charge in [0, 0.05) is 11.3 Å². The lowest BCUT2D eigenvalue weighted by Crippen LogP contribution is -2.35. The molecule has 280 valence electrons. The molecule has 1 aromatic heterocycles. The van der Waals surface area contributed by atoms with Crippen LogP contribution in [0.25, 0.3) is 0 Å². The molecule has 4 rings (SSSR count). The number of benzene rings is 3. The zero-order valence-electron chi connectivity index (χ0n) is 29.3. The van der Waals surface area contributed by atoms with Crippen LogP contribution in [0.1, 0.15) is 76.6 Å². The number of carboxylic acid groups (broad SMARTS) is 1. The number of ether oxygens (including phenoxy) is 3. The van der Waals surface area contributed by atoms with E-state index in [2.05, 4.69) is 17.2 Å². The number of halogens is 3. The Hall–Kier alpha value is -5.92. The largest absolute Gasteiger partial charge is 0.497 e. The molecule has 0 saturated heterocycles. The predicted molar refractivity (Wildman–Crippen MR) is 189 cm³/mol. The average Bonchev–Trinajstić information content (AvgIpc) is 3.13. The molecule has 4 aromatic rings. The van der Waals surface area contributed by atoms with Crippen LogP contribution in [0.15, 0.2) is 85.1 Å². The third-order valence-electron chi connectivity index (χ3n) is 7.97. The van der Waals surface area contributed by atoms with Crippen LogP contribution in [-0.4, -0.2) is 59.0 Å². The number of esters is 1. The van der Waals surface area contributed by atoms with E-state index in [1.807, 2.05) is 0 Å². The van der Waals surface area contributed by atoms with E-state index in [4.69, 9.17) is 14.2 Å². The normalized spacial score (nSPS) is 11.0. The van der Waals surface area contributed by atoms with E-state index in [1.54, 1.807) is 24.3 Å². The fraction of sp³-hybridized carbons (Fsp3) is 0.308. The average molecular weight is 736 g/mol. The molecule has 0 bridgehead atoms. The highest BCUT2D eigenvalue weighted by Gasteiger charge is 2.34. The number of carbonyl (C=O) groups excluding carboxylic acids is 3. The van der Waals surface area contributed by atoms with Gasteiger partial charge in [-0.2, -0.15) is 13.2 Å². The van der Waals surface area contributed by atoms with E-state index in [0.717, 1.165) is 23.8 Å². The quantitative estimate of drug-likeness (QED) is 0.0780. The number of carbonyl (C=O) groups is 4. The number of hydrogen-bond donors (Lipinski definition) is 2. The van der Waals surface area contributed by atoms with Crippen LogP contribution in [0.3, 0.4) is 0 Å². The van der Waals surface area contributed by atoms with Crippen molar-refractivity contribution >= 4 is 29.4 Å². The molecule has 0 aliphatic rings. The first-order valence-corrected chi connectivity index (χ1v) is 16.9. The van der Waals surface area contributed by atoms with E-state index < -0.39 is 48.5 Å². The summed E-state index contributed by atoms with van der Waals surface area (Å²) >= 11 is 0. The summed E-state index contributed by atoms with van der Waals surface area (Å²) in [6, 6.07) is 18.3. The minimum absolute atomic E-state index is 0.000678. The molecule has 0 aliphatic carbocycles. The smallest absolute Gasteiger partial charge is 0.416 e. The molecule has 2 N–H and O–H groups in total. The van der Waals surface area contributed by atoms with Crippen LogP contribution in [0.2, 0.25) is 0 Å². The zero-order valence-corrected chi connectivity index (χ0v) is 29.3. The molecule has 14 heteroatoms. The molecule has 0 aliphatic heterocycles. The molecule has 0 radical (unpaired) electrons. The van der Waals surface area contributed by atoms with Crippen molar-refractivity contribution in [3.05, 3.63) is 113 Å². The van der Waals surface area contributed by atoms with E-state index >= 15 is 0 Å². The maximum Gasteiger partial charge on any atom is 0.416 e. The molecule has 0 spiro atoms. The van der Waals surface area contributed by atoms with Crippen LogP contribution >= 0.6 is 0 Å². The van der Waals surface area contributed by atoms with Crippen molar-refractivity contribution in [1.82, 2.24) is 9.88 Å². The van der Waals surface area contributed by atoms with Gasteiger partial charge in [-0.15, -0.1) is 0 Å². The van der Waals surface area contributed by atoms with Crippen molar-refractivity contribution in [1.29, 1.82) is 0 Å². The van der Waals surface area contributed by atoms with E-state index in [9.17, 15) is 37.5 Å². The molecule has 1 heterocycles. The van der Waals surface area contributed by atoms with Gasteiger partial charge < -0.3 is 29.5 Å². The lowest BCUT2D eigenvalue weighted by atomic mass is 10.0. The second-order valence-corrected chi connectivity index (χ2v) is 12.0. The Balaban J connectivity index is 1.32. The van der Waals surface area contributed by atoms with E-state index in [-0.39, 0.29) is 34.9 Å². The SMILES string of the molecule is CCCCCCCOc1ccc(C(=O)Oc2ccc(CN(CC(=O)O)C(=O)c3ccc(NC(=O)Cc4ccc(OC)cc4C(F)(F)F)cc3)nc2)cc1. The fourth-order valence-corrected chi connectivity index (χ4v) is 5.23. The molecule has 0 unspecified atom stereocenters. The van der Waals surface area contributed by atoms with Gasteiger partial charge in [0.25, 0.3) is 5.91 Å². The molecule has 0 saturated carbocycles. The summed E-state index contributed by atoms with van der Waals surface area (Å²) in [7, 11) is 1.24. The first-order valence-electron chi connectivity index (χ1n) is 16.9. The van der Waals surface area contributed by atoms with Gasteiger partial charge in [-0.25, -0.2) is 4.79 Å². The summed E-state index contributed by atoms with van der Waals surface area (Å²) in [5.74, 6) is -2.47. The minimum Gasteiger partial charge on any atom is -0.497 e. The van der Waals surface area contributed by atoms with Gasteiger partial charge in [0.1, 0.15) is 23.8 Å². The number of anilines is 1. The summed E-state index contributed by atoms with van der Waals surface area (Å²) in [6.45, 7) is 1.91.